The second kappa shape index (κ2) is 5.83. The number of benzene rings is 1. The molecule has 1 saturated heterocycles. The lowest BCUT2D eigenvalue weighted by Crippen LogP contribution is -2.41. The van der Waals surface area contributed by atoms with E-state index in [1.54, 1.807) is 0 Å². The third-order valence-electron chi connectivity index (χ3n) is 4.05. The topological polar surface area (TPSA) is 27.7 Å². The summed E-state index contributed by atoms with van der Waals surface area (Å²) >= 11 is 6.09. The summed E-state index contributed by atoms with van der Waals surface area (Å²) in [7, 11) is -0.436. The lowest BCUT2D eigenvalue weighted by molar-refractivity contribution is 0.00578. The van der Waals surface area contributed by atoms with Crippen LogP contribution in [0.2, 0.25) is 5.02 Å². The smallest absolute Gasteiger partial charge is 0.494 e. The van der Waals surface area contributed by atoms with E-state index in [9.17, 15) is 0 Å². The van der Waals surface area contributed by atoms with E-state index < -0.39 is 7.12 Å². The maximum absolute atomic E-state index is 6.09. The molecule has 0 bridgehead atoms. The Kier molecular flexibility index (Phi) is 4.62. The van der Waals surface area contributed by atoms with E-state index in [4.69, 9.17) is 25.6 Å². The molecule has 21 heavy (non-hydrogen) atoms. The van der Waals surface area contributed by atoms with E-state index in [2.05, 4.69) is 13.8 Å². The van der Waals surface area contributed by atoms with Gasteiger partial charge in [-0.05, 0) is 45.7 Å². The van der Waals surface area contributed by atoms with Crippen molar-refractivity contribution in [2.45, 2.75) is 52.7 Å². The molecule has 0 spiro atoms. The van der Waals surface area contributed by atoms with Crippen LogP contribution in [-0.4, -0.2) is 24.9 Å². The quantitative estimate of drug-likeness (QED) is 0.794. The summed E-state index contributed by atoms with van der Waals surface area (Å²) in [6, 6.07) is 5.58. The first kappa shape index (κ1) is 16.7. The average molecular weight is 311 g/mol. The van der Waals surface area contributed by atoms with Crippen molar-refractivity contribution in [3.63, 3.8) is 0 Å². The number of hydrogen-bond donors (Lipinski definition) is 0. The number of halogens is 1. The van der Waals surface area contributed by atoms with E-state index in [0.717, 1.165) is 11.2 Å². The van der Waals surface area contributed by atoms with Crippen LogP contribution in [0.1, 0.15) is 41.5 Å². The van der Waals surface area contributed by atoms with Crippen molar-refractivity contribution in [2.75, 3.05) is 6.61 Å². The molecule has 0 saturated carbocycles. The maximum atomic E-state index is 6.09. The van der Waals surface area contributed by atoms with Crippen LogP contribution < -0.4 is 10.2 Å². The first-order chi connectivity index (χ1) is 9.62. The Hall–Kier alpha value is -0.705. The van der Waals surface area contributed by atoms with Gasteiger partial charge in [-0.15, -0.1) is 0 Å². The van der Waals surface area contributed by atoms with Crippen molar-refractivity contribution < 1.29 is 14.0 Å². The van der Waals surface area contributed by atoms with Gasteiger partial charge in [0.2, 0.25) is 0 Å². The van der Waals surface area contributed by atoms with Gasteiger partial charge in [-0.1, -0.05) is 31.5 Å². The fourth-order valence-electron chi connectivity index (χ4n) is 2.05. The number of hydrogen-bond acceptors (Lipinski definition) is 3. The molecule has 2 rings (SSSR count). The molecule has 3 nitrogen and oxygen atoms in total. The fraction of sp³-hybridized carbons (Fsp3) is 0.625. The maximum Gasteiger partial charge on any atom is 0.498 e. The molecule has 5 heteroatoms. The standard InChI is InChI=1S/C16H24BClO3/c1-11(2)10-19-14-9-12(18)7-8-13(14)17-20-15(3,4)16(5,6)21-17/h7-9,11H,10H2,1-6H3. The summed E-state index contributed by atoms with van der Waals surface area (Å²) in [5.41, 5.74) is 0.151. The van der Waals surface area contributed by atoms with Crippen LogP contribution in [0.3, 0.4) is 0 Å². The van der Waals surface area contributed by atoms with Gasteiger partial charge in [-0.25, -0.2) is 0 Å². The number of rotatable bonds is 4. The minimum atomic E-state index is -0.436. The summed E-state index contributed by atoms with van der Waals surface area (Å²) in [4.78, 5) is 0. The van der Waals surface area contributed by atoms with Crippen LogP contribution >= 0.6 is 11.6 Å². The third-order valence-corrected chi connectivity index (χ3v) is 4.29. The lowest BCUT2D eigenvalue weighted by Gasteiger charge is -2.32. The Balaban J connectivity index is 2.28. The largest absolute Gasteiger partial charge is 0.498 e. The monoisotopic (exact) mass is 310 g/mol. The predicted molar refractivity (Wildman–Crippen MR) is 87.5 cm³/mol. The van der Waals surface area contributed by atoms with Crippen molar-refractivity contribution in [1.82, 2.24) is 0 Å². The van der Waals surface area contributed by atoms with Gasteiger partial charge >= 0.3 is 7.12 Å². The molecule has 1 aliphatic rings. The molecular formula is C16H24BClO3. The summed E-state index contributed by atoms with van der Waals surface area (Å²) < 4.78 is 18.1. The predicted octanol–water partition coefficient (Wildman–Crippen LogP) is 3.67. The van der Waals surface area contributed by atoms with E-state index in [0.29, 0.717) is 17.5 Å². The summed E-state index contributed by atoms with van der Waals surface area (Å²) in [5, 5.41) is 0.647. The molecule has 0 amide bonds. The van der Waals surface area contributed by atoms with Crippen LogP contribution in [0.25, 0.3) is 0 Å². The van der Waals surface area contributed by atoms with Crippen molar-refractivity contribution in [3.8, 4) is 5.75 Å². The van der Waals surface area contributed by atoms with Gasteiger partial charge in [0.25, 0.3) is 0 Å². The summed E-state index contributed by atoms with van der Waals surface area (Å²) in [6.07, 6.45) is 0. The lowest BCUT2D eigenvalue weighted by atomic mass is 9.78. The third kappa shape index (κ3) is 3.55. The molecule has 0 aliphatic carbocycles. The highest BCUT2D eigenvalue weighted by molar-refractivity contribution is 6.63. The van der Waals surface area contributed by atoms with Gasteiger partial charge in [0, 0.05) is 10.5 Å². The molecule has 1 aromatic rings. The van der Waals surface area contributed by atoms with Crippen LogP contribution in [0.15, 0.2) is 18.2 Å². The Morgan fingerprint density at radius 2 is 1.71 bits per heavy atom. The summed E-state index contributed by atoms with van der Waals surface area (Å²) in [6.45, 7) is 13.0. The average Bonchev–Trinajstić information content (AvgIpc) is 2.55. The SMILES string of the molecule is CC(C)COc1cc(Cl)ccc1B1OC(C)(C)C(C)(C)O1. The highest BCUT2D eigenvalue weighted by Gasteiger charge is 2.52. The van der Waals surface area contributed by atoms with Gasteiger partial charge in [-0.2, -0.15) is 0 Å². The molecule has 0 atom stereocenters. The van der Waals surface area contributed by atoms with Gasteiger partial charge in [-0.3, -0.25) is 0 Å². The van der Waals surface area contributed by atoms with Gasteiger partial charge in [0.1, 0.15) is 5.75 Å². The molecule has 1 heterocycles. The molecule has 0 radical (unpaired) electrons. The van der Waals surface area contributed by atoms with Crippen molar-refractivity contribution in [1.29, 1.82) is 0 Å². The minimum absolute atomic E-state index is 0.368. The van der Waals surface area contributed by atoms with Crippen molar-refractivity contribution >= 4 is 24.2 Å². The summed E-state index contributed by atoms with van der Waals surface area (Å²) in [5.74, 6) is 1.17. The second-order valence-electron chi connectivity index (χ2n) is 6.98. The van der Waals surface area contributed by atoms with E-state index in [-0.39, 0.29) is 11.2 Å². The van der Waals surface area contributed by atoms with E-state index in [1.165, 1.54) is 0 Å². The Morgan fingerprint density at radius 1 is 1.14 bits per heavy atom. The highest BCUT2D eigenvalue weighted by atomic mass is 35.5. The van der Waals surface area contributed by atoms with Gasteiger partial charge < -0.3 is 14.0 Å². The zero-order valence-corrected chi connectivity index (χ0v) is 14.5. The second-order valence-corrected chi connectivity index (χ2v) is 7.41. The zero-order chi connectivity index (χ0) is 15.8. The Labute approximate surface area is 133 Å². The fourth-order valence-corrected chi connectivity index (χ4v) is 2.22. The first-order valence-corrected chi connectivity index (χ1v) is 7.78. The van der Waals surface area contributed by atoms with E-state index in [1.807, 2.05) is 45.9 Å². The van der Waals surface area contributed by atoms with Crippen LogP contribution in [0.4, 0.5) is 0 Å². The Bertz CT molecular complexity index is 498. The minimum Gasteiger partial charge on any atom is -0.494 e. The normalized spacial score (nSPS) is 20.1. The Morgan fingerprint density at radius 3 is 2.24 bits per heavy atom. The molecular weight excluding hydrogens is 286 g/mol. The van der Waals surface area contributed by atoms with Crippen molar-refractivity contribution in [2.24, 2.45) is 5.92 Å². The van der Waals surface area contributed by atoms with E-state index >= 15 is 0 Å². The molecule has 116 valence electrons. The molecule has 1 aromatic carbocycles. The molecule has 1 fully saturated rings. The number of ether oxygens (including phenoxy) is 1. The molecule has 0 unspecified atom stereocenters. The van der Waals surface area contributed by atoms with Crippen LogP contribution in [0, 0.1) is 5.92 Å². The van der Waals surface area contributed by atoms with Gasteiger partial charge in [0.15, 0.2) is 0 Å². The van der Waals surface area contributed by atoms with Crippen molar-refractivity contribution in [3.05, 3.63) is 23.2 Å². The zero-order valence-electron chi connectivity index (χ0n) is 13.7. The molecule has 0 N–H and O–H groups in total. The molecule has 0 aromatic heterocycles. The van der Waals surface area contributed by atoms with Gasteiger partial charge in [0.05, 0.1) is 17.8 Å². The molecule has 1 aliphatic heterocycles. The van der Waals surface area contributed by atoms with Crippen LogP contribution in [0.5, 0.6) is 5.75 Å². The highest BCUT2D eigenvalue weighted by Crippen LogP contribution is 2.37. The van der Waals surface area contributed by atoms with Crippen LogP contribution in [-0.2, 0) is 9.31 Å². The first-order valence-electron chi connectivity index (χ1n) is 7.40.